The molecule has 0 radical (unpaired) electrons. The van der Waals surface area contributed by atoms with Gasteiger partial charge in [-0.15, -0.1) is 0 Å². The van der Waals surface area contributed by atoms with Gasteiger partial charge in [-0.1, -0.05) is 32.9 Å². The molecule has 0 spiro atoms. The van der Waals surface area contributed by atoms with Crippen LogP contribution in [0.3, 0.4) is 0 Å². The molecule has 0 aromatic heterocycles. The van der Waals surface area contributed by atoms with Gasteiger partial charge in [0.15, 0.2) is 6.10 Å². The lowest BCUT2D eigenvalue weighted by Gasteiger charge is -2.20. The highest BCUT2D eigenvalue weighted by molar-refractivity contribution is 5.95. The summed E-state index contributed by atoms with van der Waals surface area (Å²) in [5.41, 5.74) is 2.28. The summed E-state index contributed by atoms with van der Waals surface area (Å²) in [5.74, 6) is -0.0457. The zero-order valence-corrected chi connectivity index (χ0v) is 15.8. The summed E-state index contributed by atoms with van der Waals surface area (Å²) in [5, 5.41) is 2.77. The quantitative estimate of drug-likeness (QED) is 0.817. The second-order valence-electron chi connectivity index (χ2n) is 7.09. The molecule has 0 aliphatic heterocycles. The lowest BCUT2D eigenvalue weighted by Crippen LogP contribution is -2.30. The summed E-state index contributed by atoms with van der Waals surface area (Å²) in [6, 6.07) is 14.2. The first-order chi connectivity index (χ1) is 12.2. The maximum Gasteiger partial charge on any atom is 0.337 e. The molecule has 1 atom stereocenters. The number of benzene rings is 2. The number of rotatable bonds is 5. The van der Waals surface area contributed by atoms with E-state index in [0.29, 0.717) is 17.0 Å². The van der Waals surface area contributed by atoms with Crippen LogP contribution in [0.5, 0.6) is 5.75 Å². The van der Waals surface area contributed by atoms with Crippen molar-refractivity contribution < 1.29 is 19.1 Å². The number of ether oxygens (including phenoxy) is 2. The van der Waals surface area contributed by atoms with Crippen molar-refractivity contribution in [2.75, 3.05) is 12.4 Å². The monoisotopic (exact) mass is 355 g/mol. The number of esters is 1. The normalized spacial score (nSPS) is 12.2. The Morgan fingerprint density at radius 3 is 2.04 bits per heavy atom. The molecule has 1 N–H and O–H groups in total. The van der Waals surface area contributed by atoms with E-state index < -0.39 is 12.1 Å². The number of hydrogen-bond acceptors (Lipinski definition) is 4. The predicted molar refractivity (Wildman–Crippen MR) is 102 cm³/mol. The van der Waals surface area contributed by atoms with Gasteiger partial charge in [0.25, 0.3) is 5.91 Å². The SMILES string of the molecule is COC(=O)c1ccc(NC(=O)C(C)Oc2ccc(C(C)(C)C)cc2)cc1. The number of carbonyl (C=O) groups is 2. The van der Waals surface area contributed by atoms with Crippen molar-refractivity contribution in [2.24, 2.45) is 0 Å². The number of hydrogen-bond donors (Lipinski definition) is 1. The van der Waals surface area contributed by atoms with Crippen LogP contribution in [0.1, 0.15) is 43.6 Å². The average Bonchev–Trinajstić information content (AvgIpc) is 2.61. The first-order valence-electron chi connectivity index (χ1n) is 8.47. The van der Waals surface area contributed by atoms with Crippen LogP contribution in [0.2, 0.25) is 0 Å². The zero-order chi connectivity index (χ0) is 19.3. The van der Waals surface area contributed by atoms with E-state index in [9.17, 15) is 9.59 Å². The first-order valence-corrected chi connectivity index (χ1v) is 8.47. The van der Waals surface area contributed by atoms with Crippen LogP contribution in [0.4, 0.5) is 5.69 Å². The molecule has 0 saturated carbocycles. The smallest absolute Gasteiger partial charge is 0.337 e. The van der Waals surface area contributed by atoms with Crippen LogP contribution in [0, 0.1) is 0 Å². The highest BCUT2D eigenvalue weighted by atomic mass is 16.5. The van der Waals surface area contributed by atoms with Crippen molar-refractivity contribution in [3.8, 4) is 5.75 Å². The Morgan fingerprint density at radius 1 is 0.962 bits per heavy atom. The highest BCUT2D eigenvalue weighted by Crippen LogP contribution is 2.24. The van der Waals surface area contributed by atoms with Crippen LogP contribution < -0.4 is 10.1 Å². The van der Waals surface area contributed by atoms with Gasteiger partial charge in [-0.05, 0) is 54.3 Å². The molecular weight excluding hydrogens is 330 g/mol. The fraction of sp³-hybridized carbons (Fsp3) is 0.333. The van der Waals surface area contributed by atoms with Crippen molar-refractivity contribution in [3.05, 3.63) is 59.7 Å². The Balaban J connectivity index is 1.96. The van der Waals surface area contributed by atoms with Gasteiger partial charge in [0.2, 0.25) is 0 Å². The lowest BCUT2D eigenvalue weighted by atomic mass is 9.87. The zero-order valence-electron chi connectivity index (χ0n) is 15.8. The number of nitrogens with one attached hydrogen (secondary N) is 1. The third-order valence-electron chi connectivity index (χ3n) is 3.98. The molecule has 5 heteroatoms. The van der Waals surface area contributed by atoms with Gasteiger partial charge in [0, 0.05) is 5.69 Å². The number of carbonyl (C=O) groups excluding carboxylic acids is 2. The lowest BCUT2D eigenvalue weighted by molar-refractivity contribution is -0.122. The number of amides is 1. The van der Waals surface area contributed by atoms with Crippen LogP contribution in [-0.2, 0) is 14.9 Å². The third kappa shape index (κ3) is 5.09. The number of methoxy groups -OCH3 is 1. The van der Waals surface area contributed by atoms with E-state index in [1.165, 1.54) is 12.7 Å². The van der Waals surface area contributed by atoms with E-state index in [2.05, 4.69) is 30.8 Å². The highest BCUT2D eigenvalue weighted by Gasteiger charge is 2.17. The van der Waals surface area contributed by atoms with E-state index in [4.69, 9.17) is 4.74 Å². The summed E-state index contributed by atoms with van der Waals surface area (Å²) in [7, 11) is 1.32. The molecule has 2 rings (SSSR count). The number of anilines is 1. The van der Waals surface area contributed by atoms with E-state index >= 15 is 0 Å². The molecule has 2 aromatic carbocycles. The van der Waals surface area contributed by atoms with Gasteiger partial charge in [-0.3, -0.25) is 4.79 Å². The molecular formula is C21H25NO4. The summed E-state index contributed by atoms with van der Waals surface area (Å²) >= 11 is 0. The van der Waals surface area contributed by atoms with Gasteiger partial charge in [0.05, 0.1) is 12.7 Å². The molecule has 0 heterocycles. The van der Waals surface area contributed by atoms with Gasteiger partial charge >= 0.3 is 5.97 Å². The second-order valence-corrected chi connectivity index (χ2v) is 7.09. The molecule has 5 nitrogen and oxygen atoms in total. The van der Waals surface area contributed by atoms with E-state index in [1.807, 2.05) is 24.3 Å². The molecule has 0 bridgehead atoms. The molecule has 2 aromatic rings. The maximum atomic E-state index is 12.3. The van der Waals surface area contributed by atoms with Gasteiger partial charge in [0.1, 0.15) is 5.75 Å². The molecule has 1 amide bonds. The topological polar surface area (TPSA) is 64.6 Å². The summed E-state index contributed by atoms with van der Waals surface area (Å²) in [4.78, 5) is 23.7. The van der Waals surface area contributed by atoms with Crippen molar-refractivity contribution in [1.29, 1.82) is 0 Å². The van der Waals surface area contributed by atoms with Gasteiger partial charge < -0.3 is 14.8 Å². The van der Waals surface area contributed by atoms with Gasteiger partial charge in [-0.25, -0.2) is 4.79 Å². The molecule has 0 aliphatic carbocycles. The molecule has 0 aliphatic rings. The molecule has 1 unspecified atom stereocenters. The van der Waals surface area contributed by atoms with E-state index in [0.717, 1.165) is 0 Å². The first kappa shape index (κ1) is 19.5. The third-order valence-corrected chi connectivity index (χ3v) is 3.98. The minimum Gasteiger partial charge on any atom is -0.481 e. The van der Waals surface area contributed by atoms with Crippen LogP contribution in [-0.4, -0.2) is 25.1 Å². The largest absolute Gasteiger partial charge is 0.481 e. The fourth-order valence-corrected chi connectivity index (χ4v) is 2.34. The summed E-state index contributed by atoms with van der Waals surface area (Å²) < 4.78 is 10.4. The van der Waals surface area contributed by atoms with Crippen LogP contribution in [0.15, 0.2) is 48.5 Å². The van der Waals surface area contributed by atoms with Crippen LogP contribution >= 0.6 is 0 Å². The van der Waals surface area contributed by atoms with E-state index in [-0.39, 0.29) is 11.3 Å². The predicted octanol–water partition coefficient (Wildman–Crippen LogP) is 4.18. The molecule has 0 fully saturated rings. The molecule has 138 valence electrons. The second kappa shape index (κ2) is 8.04. The van der Waals surface area contributed by atoms with E-state index in [1.54, 1.807) is 31.2 Å². The van der Waals surface area contributed by atoms with Gasteiger partial charge in [-0.2, -0.15) is 0 Å². The Bertz CT molecular complexity index is 758. The average molecular weight is 355 g/mol. The summed E-state index contributed by atoms with van der Waals surface area (Å²) in [6.07, 6.45) is -0.657. The fourth-order valence-electron chi connectivity index (χ4n) is 2.34. The Labute approximate surface area is 154 Å². The molecule has 0 saturated heterocycles. The Hall–Kier alpha value is -2.82. The standard InChI is InChI=1S/C21H25NO4/c1-14(26-18-12-8-16(9-13-18)21(2,3)4)19(23)22-17-10-6-15(7-11-17)20(24)25-5/h6-14H,1-5H3,(H,22,23). The van der Waals surface area contributed by atoms with Crippen molar-refractivity contribution in [3.63, 3.8) is 0 Å². The van der Waals surface area contributed by atoms with Crippen molar-refractivity contribution in [1.82, 2.24) is 0 Å². The minimum atomic E-state index is -0.657. The summed E-state index contributed by atoms with van der Waals surface area (Å²) in [6.45, 7) is 8.12. The Morgan fingerprint density at radius 2 is 1.54 bits per heavy atom. The van der Waals surface area contributed by atoms with Crippen molar-refractivity contribution >= 4 is 17.6 Å². The molecule has 26 heavy (non-hydrogen) atoms. The Kier molecular flexibility index (Phi) is 6.03. The minimum absolute atomic E-state index is 0.0673. The van der Waals surface area contributed by atoms with Crippen LogP contribution in [0.25, 0.3) is 0 Å². The van der Waals surface area contributed by atoms with Crippen molar-refractivity contribution in [2.45, 2.75) is 39.2 Å². The maximum absolute atomic E-state index is 12.3.